The molecule has 0 aliphatic heterocycles. The van der Waals surface area contributed by atoms with Crippen LogP contribution in [0.5, 0.6) is 0 Å². The lowest BCUT2D eigenvalue weighted by Gasteiger charge is -2.13. The van der Waals surface area contributed by atoms with Gasteiger partial charge in [0.25, 0.3) is 0 Å². The number of hydrogen-bond donors (Lipinski definition) is 3. The van der Waals surface area contributed by atoms with E-state index in [2.05, 4.69) is 40.2 Å². The number of urea groups is 1. The van der Waals surface area contributed by atoms with Crippen LogP contribution in [0.3, 0.4) is 0 Å². The minimum absolute atomic E-state index is 0.0365. The normalized spacial score (nSPS) is 11.5. The van der Waals surface area contributed by atoms with Gasteiger partial charge in [0.1, 0.15) is 0 Å². The van der Waals surface area contributed by atoms with Crippen molar-refractivity contribution in [3.63, 3.8) is 0 Å². The van der Waals surface area contributed by atoms with E-state index in [-0.39, 0.29) is 18.0 Å². The summed E-state index contributed by atoms with van der Waals surface area (Å²) in [5.74, 6) is -0.0365. The van der Waals surface area contributed by atoms with Crippen LogP contribution in [-0.2, 0) is 11.2 Å². The molecule has 0 saturated carbocycles. The van der Waals surface area contributed by atoms with E-state index in [1.807, 2.05) is 32.8 Å². The fourth-order valence-corrected chi connectivity index (χ4v) is 2.08. The molecule has 0 aliphatic carbocycles. The largest absolute Gasteiger partial charge is 0.378 e. The van der Waals surface area contributed by atoms with Crippen LogP contribution in [0, 0.1) is 0 Å². The van der Waals surface area contributed by atoms with Crippen LogP contribution in [0.25, 0.3) is 0 Å². The number of hydrogen-bond acceptors (Lipinski definition) is 3. The summed E-state index contributed by atoms with van der Waals surface area (Å²) in [7, 11) is 4.01. The summed E-state index contributed by atoms with van der Waals surface area (Å²) >= 11 is 0. The molecule has 1 rings (SSSR count). The fourth-order valence-electron chi connectivity index (χ4n) is 2.08. The molecular formula is C18H30N4O2. The molecule has 0 fully saturated rings. The van der Waals surface area contributed by atoms with Gasteiger partial charge in [0.2, 0.25) is 5.91 Å². The summed E-state index contributed by atoms with van der Waals surface area (Å²) < 4.78 is 0. The zero-order chi connectivity index (χ0) is 17.9. The van der Waals surface area contributed by atoms with Crippen molar-refractivity contribution in [2.45, 2.75) is 39.2 Å². The Kier molecular flexibility index (Phi) is 8.68. The van der Waals surface area contributed by atoms with Crippen LogP contribution in [0.4, 0.5) is 10.5 Å². The highest BCUT2D eigenvalue weighted by molar-refractivity contribution is 5.78. The topological polar surface area (TPSA) is 73.5 Å². The minimum atomic E-state index is -0.240. The Labute approximate surface area is 145 Å². The molecule has 0 aromatic heterocycles. The molecule has 1 aromatic rings. The fraction of sp³-hybridized carbons (Fsp3) is 0.556. The summed E-state index contributed by atoms with van der Waals surface area (Å²) in [5, 5.41) is 8.37. The number of benzene rings is 1. The van der Waals surface area contributed by atoms with Gasteiger partial charge in [-0.15, -0.1) is 0 Å². The quantitative estimate of drug-likeness (QED) is 0.646. The van der Waals surface area contributed by atoms with Gasteiger partial charge in [-0.1, -0.05) is 19.1 Å². The molecule has 1 aromatic carbocycles. The van der Waals surface area contributed by atoms with Gasteiger partial charge < -0.3 is 20.9 Å². The van der Waals surface area contributed by atoms with Crippen LogP contribution >= 0.6 is 0 Å². The van der Waals surface area contributed by atoms with E-state index in [1.54, 1.807) is 0 Å². The standard InChI is InChI=1S/C18H30N4O2/c1-5-14(2)21-17(23)11-13-20-18(24)19-12-10-15-6-8-16(9-7-15)22(3)4/h6-9,14H,5,10-13H2,1-4H3,(H,21,23)(H2,19,20,24)/t14-/m0/s1. The lowest BCUT2D eigenvalue weighted by Crippen LogP contribution is -2.39. The summed E-state index contributed by atoms with van der Waals surface area (Å²) in [5.41, 5.74) is 2.33. The van der Waals surface area contributed by atoms with Crippen LogP contribution in [0.2, 0.25) is 0 Å². The van der Waals surface area contributed by atoms with Gasteiger partial charge in [-0.3, -0.25) is 4.79 Å². The maximum atomic E-state index is 11.7. The van der Waals surface area contributed by atoms with Crippen LogP contribution in [0.15, 0.2) is 24.3 Å². The number of carbonyl (C=O) groups is 2. The Morgan fingerprint density at radius 3 is 2.29 bits per heavy atom. The zero-order valence-corrected chi connectivity index (χ0v) is 15.2. The van der Waals surface area contributed by atoms with Gasteiger partial charge in [0.05, 0.1) is 0 Å². The molecule has 6 heteroatoms. The number of nitrogens with one attached hydrogen (secondary N) is 3. The molecule has 0 aliphatic rings. The second-order valence-corrected chi connectivity index (χ2v) is 6.12. The SMILES string of the molecule is CC[C@H](C)NC(=O)CCNC(=O)NCCc1ccc(N(C)C)cc1. The smallest absolute Gasteiger partial charge is 0.314 e. The second-order valence-electron chi connectivity index (χ2n) is 6.12. The number of nitrogens with zero attached hydrogens (tertiary/aromatic N) is 1. The van der Waals surface area contributed by atoms with E-state index in [1.165, 1.54) is 5.56 Å². The lowest BCUT2D eigenvalue weighted by molar-refractivity contribution is -0.121. The van der Waals surface area contributed by atoms with Crippen LogP contribution < -0.4 is 20.9 Å². The summed E-state index contributed by atoms with van der Waals surface area (Å²) in [6, 6.07) is 8.18. The maximum absolute atomic E-state index is 11.7. The number of rotatable bonds is 9. The number of carbonyl (C=O) groups excluding carboxylic acids is 2. The summed E-state index contributed by atoms with van der Waals surface area (Å²) in [4.78, 5) is 25.3. The molecule has 3 amide bonds. The molecule has 0 saturated heterocycles. The third-order valence-corrected chi connectivity index (χ3v) is 3.81. The highest BCUT2D eigenvalue weighted by atomic mass is 16.2. The Morgan fingerprint density at radius 1 is 1.08 bits per heavy atom. The van der Waals surface area contributed by atoms with Crippen LogP contribution in [0.1, 0.15) is 32.3 Å². The van der Waals surface area contributed by atoms with E-state index in [0.29, 0.717) is 19.5 Å². The molecule has 0 radical (unpaired) electrons. The van der Waals surface area contributed by atoms with Crippen molar-refractivity contribution in [2.24, 2.45) is 0 Å². The van der Waals surface area contributed by atoms with E-state index in [9.17, 15) is 9.59 Å². The molecule has 134 valence electrons. The third-order valence-electron chi connectivity index (χ3n) is 3.81. The van der Waals surface area contributed by atoms with Crippen molar-refractivity contribution in [3.8, 4) is 0 Å². The first-order valence-electron chi connectivity index (χ1n) is 8.49. The van der Waals surface area contributed by atoms with Crippen molar-refractivity contribution in [1.82, 2.24) is 16.0 Å². The summed E-state index contributed by atoms with van der Waals surface area (Å²) in [6.45, 7) is 4.88. The van der Waals surface area contributed by atoms with E-state index in [0.717, 1.165) is 18.5 Å². The second kappa shape index (κ2) is 10.5. The minimum Gasteiger partial charge on any atom is -0.378 e. The Hall–Kier alpha value is -2.24. The molecule has 3 N–H and O–H groups in total. The highest BCUT2D eigenvalue weighted by Gasteiger charge is 2.06. The van der Waals surface area contributed by atoms with Gasteiger partial charge in [0.15, 0.2) is 0 Å². The Morgan fingerprint density at radius 2 is 1.71 bits per heavy atom. The van der Waals surface area contributed by atoms with Crippen molar-refractivity contribution < 1.29 is 9.59 Å². The first kappa shape index (κ1) is 19.8. The van der Waals surface area contributed by atoms with Crippen molar-refractivity contribution >= 4 is 17.6 Å². The monoisotopic (exact) mass is 334 g/mol. The number of anilines is 1. The summed E-state index contributed by atoms with van der Waals surface area (Å²) in [6.07, 6.45) is 1.97. The third kappa shape index (κ3) is 7.85. The molecule has 0 heterocycles. The van der Waals surface area contributed by atoms with Crippen LogP contribution in [-0.4, -0.2) is 45.2 Å². The van der Waals surface area contributed by atoms with Gasteiger partial charge >= 0.3 is 6.03 Å². The predicted molar refractivity (Wildman–Crippen MR) is 98.4 cm³/mol. The van der Waals surface area contributed by atoms with E-state index >= 15 is 0 Å². The number of amides is 3. The average Bonchev–Trinajstić information content (AvgIpc) is 2.55. The molecule has 6 nitrogen and oxygen atoms in total. The van der Waals surface area contributed by atoms with Gasteiger partial charge in [-0.2, -0.15) is 0 Å². The van der Waals surface area contributed by atoms with Crippen molar-refractivity contribution in [2.75, 3.05) is 32.1 Å². The van der Waals surface area contributed by atoms with Gasteiger partial charge in [0, 0.05) is 45.3 Å². The molecular weight excluding hydrogens is 304 g/mol. The molecule has 0 unspecified atom stereocenters. The predicted octanol–water partition coefficient (Wildman–Crippen LogP) is 1.90. The first-order chi connectivity index (χ1) is 11.4. The van der Waals surface area contributed by atoms with Gasteiger partial charge in [-0.25, -0.2) is 4.79 Å². The maximum Gasteiger partial charge on any atom is 0.314 e. The first-order valence-corrected chi connectivity index (χ1v) is 8.49. The van der Waals surface area contributed by atoms with Gasteiger partial charge in [-0.05, 0) is 37.5 Å². The van der Waals surface area contributed by atoms with E-state index in [4.69, 9.17) is 0 Å². The molecule has 0 spiro atoms. The zero-order valence-electron chi connectivity index (χ0n) is 15.2. The molecule has 24 heavy (non-hydrogen) atoms. The Balaban J connectivity index is 2.16. The van der Waals surface area contributed by atoms with E-state index < -0.39 is 0 Å². The van der Waals surface area contributed by atoms with Crippen molar-refractivity contribution in [3.05, 3.63) is 29.8 Å². The Bertz CT molecular complexity index is 514. The molecule has 1 atom stereocenters. The average molecular weight is 334 g/mol. The molecule has 0 bridgehead atoms. The van der Waals surface area contributed by atoms with Crippen molar-refractivity contribution in [1.29, 1.82) is 0 Å². The highest BCUT2D eigenvalue weighted by Crippen LogP contribution is 2.12. The lowest BCUT2D eigenvalue weighted by atomic mass is 10.1.